The van der Waals surface area contributed by atoms with Crippen LogP contribution in [-0.2, 0) is 0 Å². The molecule has 1 amide bonds. The molecule has 36 heavy (non-hydrogen) atoms. The van der Waals surface area contributed by atoms with Gasteiger partial charge in [0.05, 0.1) is 6.20 Å². The van der Waals surface area contributed by atoms with Gasteiger partial charge in [-0.1, -0.05) is 24.3 Å². The predicted octanol–water partition coefficient (Wildman–Crippen LogP) is 5.41. The van der Waals surface area contributed by atoms with Crippen molar-refractivity contribution in [3.05, 3.63) is 103 Å². The Balaban J connectivity index is 1.21. The normalized spacial score (nSPS) is 10.9. The number of carbonyl (C=O) groups is 1. The molecule has 0 aliphatic carbocycles. The molecule has 0 aliphatic heterocycles. The molecule has 6 rings (SSSR count). The summed E-state index contributed by atoms with van der Waals surface area (Å²) >= 11 is 0. The highest BCUT2D eigenvalue weighted by Crippen LogP contribution is 2.25. The number of H-pyrrole nitrogens is 2. The molecule has 4 aromatic heterocycles. The molecule has 2 aromatic carbocycles. The Kier molecular flexibility index (Phi) is 5.40. The van der Waals surface area contributed by atoms with E-state index in [4.69, 9.17) is 0 Å². The third kappa shape index (κ3) is 4.40. The predicted molar refractivity (Wildman–Crippen MR) is 139 cm³/mol. The van der Waals surface area contributed by atoms with E-state index in [2.05, 4.69) is 40.8 Å². The number of benzene rings is 2. The maximum atomic E-state index is 12.6. The Hall–Kier alpha value is -5.31. The van der Waals surface area contributed by atoms with E-state index < -0.39 is 0 Å². The molecule has 9 nitrogen and oxygen atoms in total. The summed E-state index contributed by atoms with van der Waals surface area (Å²) in [5, 5.41) is 13.9. The molecular weight excluding hydrogens is 452 g/mol. The molecular formula is C27H20N8O. The third-order valence-corrected chi connectivity index (χ3v) is 5.71. The number of hydrogen-bond donors (Lipinski definition) is 4. The summed E-state index contributed by atoms with van der Waals surface area (Å²) in [6.07, 6.45) is 8.63. The van der Waals surface area contributed by atoms with Gasteiger partial charge < -0.3 is 15.6 Å². The van der Waals surface area contributed by atoms with Crippen molar-refractivity contribution in [3.63, 3.8) is 0 Å². The van der Waals surface area contributed by atoms with Gasteiger partial charge in [-0.05, 0) is 48.0 Å². The summed E-state index contributed by atoms with van der Waals surface area (Å²) in [5.74, 6) is 1.04. The van der Waals surface area contributed by atoms with Gasteiger partial charge in [0.15, 0.2) is 5.82 Å². The van der Waals surface area contributed by atoms with Crippen molar-refractivity contribution in [3.8, 4) is 22.5 Å². The van der Waals surface area contributed by atoms with Crippen LogP contribution in [0, 0.1) is 0 Å². The fourth-order valence-corrected chi connectivity index (χ4v) is 3.89. The quantitative estimate of drug-likeness (QED) is 0.257. The molecule has 0 fully saturated rings. The van der Waals surface area contributed by atoms with Crippen LogP contribution in [0.15, 0.2) is 97.7 Å². The minimum atomic E-state index is -0.222. The van der Waals surface area contributed by atoms with Crippen LogP contribution in [0.4, 0.5) is 17.2 Å². The van der Waals surface area contributed by atoms with E-state index in [0.717, 1.165) is 33.3 Å². The lowest BCUT2D eigenvalue weighted by Gasteiger charge is -2.08. The van der Waals surface area contributed by atoms with Crippen LogP contribution in [0.1, 0.15) is 10.5 Å². The maximum absolute atomic E-state index is 12.6. The molecule has 4 heterocycles. The second kappa shape index (κ2) is 9.15. The molecule has 174 valence electrons. The first kappa shape index (κ1) is 21.2. The number of aromatic amines is 2. The highest BCUT2D eigenvalue weighted by Gasteiger charge is 2.12. The van der Waals surface area contributed by atoms with Gasteiger partial charge in [0, 0.05) is 58.2 Å². The van der Waals surface area contributed by atoms with E-state index >= 15 is 0 Å². The Bertz CT molecular complexity index is 1640. The summed E-state index contributed by atoms with van der Waals surface area (Å²) in [4.78, 5) is 28.9. The van der Waals surface area contributed by atoms with Crippen molar-refractivity contribution < 1.29 is 4.79 Å². The van der Waals surface area contributed by atoms with Crippen LogP contribution in [0.5, 0.6) is 0 Å². The average molecular weight is 473 g/mol. The number of nitrogens with one attached hydrogen (secondary N) is 4. The van der Waals surface area contributed by atoms with Crippen LogP contribution in [0.2, 0.25) is 0 Å². The first-order valence-electron chi connectivity index (χ1n) is 11.3. The van der Waals surface area contributed by atoms with Gasteiger partial charge in [-0.3, -0.25) is 14.9 Å². The van der Waals surface area contributed by atoms with E-state index in [-0.39, 0.29) is 5.91 Å². The summed E-state index contributed by atoms with van der Waals surface area (Å²) in [6.45, 7) is 0. The number of anilines is 3. The van der Waals surface area contributed by atoms with Crippen LogP contribution in [-0.4, -0.2) is 36.0 Å². The fraction of sp³-hybridized carbons (Fsp3) is 0. The molecule has 0 unspecified atom stereocenters. The number of fused-ring (bicyclic) bond motifs is 1. The highest BCUT2D eigenvalue weighted by atomic mass is 16.1. The van der Waals surface area contributed by atoms with Crippen LogP contribution in [0.25, 0.3) is 33.4 Å². The number of pyridine rings is 1. The van der Waals surface area contributed by atoms with E-state index in [0.29, 0.717) is 23.0 Å². The zero-order valence-corrected chi connectivity index (χ0v) is 18.9. The number of aromatic nitrogens is 6. The molecule has 0 spiro atoms. The Labute approximate surface area is 205 Å². The standard InChI is InChI=1S/C27H20N8O/c36-27(33-22-7-10-28-11-8-22)24-13-18-1-2-19(14-23(18)34-24)26-29-12-9-25(35-26)32-21-5-3-17(4-6-21)20-15-30-31-16-20/h1-16,34H,(H,30,31)(H,28,33,36)(H,29,32,35). The van der Waals surface area contributed by atoms with Gasteiger partial charge in [0.2, 0.25) is 0 Å². The fourth-order valence-electron chi connectivity index (χ4n) is 3.89. The number of amides is 1. The third-order valence-electron chi connectivity index (χ3n) is 5.71. The molecule has 0 bridgehead atoms. The number of hydrogen-bond acceptors (Lipinski definition) is 6. The van der Waals surface area contributed by atoms with Gasteiger partial charge in [-0.15, -0.1) is 0 Å². The molecule has 0 aliphatic rings. The smallest absolute Gasteiger partial charge is 0.272 e. The molecule has 0 radical (unpaired) electrons. The van der Waals surface area contributed by atoms with Gasteiger partial charge >= 0.3 is 0 Å². The number of carbonyl (C=O) groups excluding carboxylic acids is 1. The molecule has 0 atom stereocenters. The Morgan fingerprint density at radius 3 is 2.44 bits per heavy atom. The molecule has 0 saturated carbocycles. The second-order valence-electron chi connectivity index (χ2n) is 8.13. The van der Waals surface area contributed by atoms with Gasteiger partial charge in [0.1, 0.15) is 11.5 Å². The lowest BCUT2D eigenvalue weighted by Crippen LogP contribution is -2.12. The van der Waals surface area contributed by atoms with Crippen molar-refractivity contribution in [1.82, 2.24) is 30.1 Å². The van der Waals surface area contributed by atoms with Crippen molar-refractivity contribution in [2.45, 2.75) is 0 Å². The zero-order valence-electron chi connectivity index (χ0n) is 18.9. The Morgan fingerprint density at radius 2 is 1.64 bits per heavy atom. The van der Waals surface area contributed by atoms with Crippen molar-refractivity contribution >= 4 is 34.0 Å². The molecule has 6 aromatic rings. The summed E-state index contributed by atoms with van der Waals surface area (Å²) in [6, 6.07) is 21.0. The molecule has 4 N–H and O–H groups in total. The monoisotopic (exact) mass is 472 g/mol. The van der Waals surface area contributed by atoms with Gasteiger partial charge in [-0.2, -0.15) is 5.10 Å². The topological polar surface area (TPSA) is 124 Å². The van der Waals surface area contributed by atoms with Crippen LogP contribution < -0.4 is 10.6 Å². The van der Waals surface area contributed by atoms with Gasteiger partial charge in [-0.25, -0.2) is 9.97 Å². The van der Waals surface area contributed by atoms with Gasteiger partial charge in [0.25, 0.3) is 5.91 Å². The van der Waals surface area contributed by atoms with Crippen molar-refractivity contribution in [2.24, 2.45) is 0 Å². The minimum absolute atomic E-state index is 0.222. The number of rotatable bonds is 6. The van der Waals surface area contributed by atoms with Crippen LogP contribution in [0.3, 0.4) is 0 Å². The molecule has 0 saturated heterocycles. The summed E-state index contributed by atoms with van der Waals surface area (Å²) < 4.78 is 0. The van der Waals surface area contributed by atoms with E-state index in [1.807, 2.05) is 60.8 Å². The SMILES string of the molecule is O=C(Nc1ccncc1)c1cc2ccc(-c3nccc(Nc4ccc(-c5cn[nH]c5)cc4)n3)cc2[nH]1. The largest absolute Gasteiger partial charge is 0.350 e. The lowest BCUT2D eigenvalue weighted by atomic mass is 10.1. The van der Waals surface area contributed by atoms with E-state index in [9.17, 15) is 4.79 Å². The highest BCUT2D eigenvalue weighted by molar-refractivity contribution is 6.06. The van der Waals surface area contributed by atoms with Crippen molar-refractivity contribution in [2.75, 3.05) is 10.6 Å². The number of nitrogens with zero attached hydrogens (tertiary/aromatic N) is 4. The van der Waals surface area contributed by atoms with E-state index in [1.54, 1.807) is 36.9 Å². The van der Waals surface area contributed by atoms with Crippen LogP contribution >= 0.6 is 0 Å². The molecule has 9 heteroatoms. The van der Waals surface area contributed by atoms with Crippen molar-refractivity contribution in [1.29, 1.82) is 0 Å². The second-order valence-corrected chi connectivity index (χ2v) is 8.13. The average Bonchev–Trinajstić information content (AvgIpc) is 3.60. The maximum Gasteiger partial charge on any atom is 0.272 e. The first-order chi connectivity index (χ1) is 17.7. The summed E-state index contributed by atoms with van der Waals surface area (Å²) in [7, 11) is 0. The van der Waals surface area contributed by atoms with E-state index in [1.165, 1.54) is 0 Å². The summed E-state index contributed by atoms with van der Waals surface area (Å²) in [5.41, 5.74) is 5.83. The minimum Gasteiger partial charge on any atom is -0.350 e. The lowest BCUT2D eigenvalue weighted by molar-refractivity contribution is 0.102. The first-order valence-corrected chi connectivity index (χ1v) is 11.3. The Morgan fingerprint density at radius 1 is 0.806 bits per heavy atom. The zero-order chi connectivity index (χ0) is 24.3.